The molecule has 2 rings (SSSR count). The molecular weight excluding hydrogens is 238 g/mol. The summed E-state index contributed by atoms with van der Waals surface area (Å²) in [4.78, 5) is 0. The molecule has 100 valence electrons. The molecule has 0 aromatic heterocycles. The molecule has 2 aromatic rings. The van der Waals surface area contributed by atoms with Gasteiger partial charge in [-0.3, -0.25) is 0 Å². The van der Waals surface area contributed by atoms with Gasteiger partial charge in [-0.25, -0.2) is 0 Å². The average molecular weight is 257 g/mol. The maximum Gasteiger partial charge on any atom is 0.115 e. The average Bonchev–Trinajstić information content (AvgIpc) is 2.46. The molecule has 0 amide bonds. The summed E-state index contributed by atoms with van der Waals surface area (Å²) in [5.74, 6) is 0.269. The Hall–Kier alpha value is -1.84. The summed E-state index contributed by atoms with van der Waals surface area (Å²) in [5, 5.41) is 21.7. The second kappa shape index (κ2) is 6.92. The SMILES string of the molecule is OCCCN[C@@H](c1ccccc1)c1ccc(O)cc1. The first kappa shape index (κ1) is 13.6. The van der Waals surface area contributed by atoms with Gasteiger partial charge in [0.1, 0.15) is 5.75 Å². The van der Waals surface area contributed by atoms with Gasteiger partial charge in [0.2, 0.25) is 0 Å². The first-order chi connectivity index (χ1) is 9.31. The number of hydrogen-bond donors (Lipinski definition) is 3. The van der Waals surface area contributed by atoms with Crippen LogP contribution in [0.15, 0.2) is 54.6 Å². The van der Waals surface area contributed by atoms with Crippen LogP contribution >= 0.6 is 0 Å². The number of aromatic hydroxyl groups is 1. The predicted octanol–water partition coefficient (Wildman–Crippen LogP) is 2.45. The van der Waals surface area contributed by atoms with Crippen LogP contribution in [0, 0.1) is 0 Å². The van der Waals surface area contributed by atoms with Crippen molar-refractivity contribution in [1.82, 2.24) is 5.32 Å². The van der Waals surface area contributed by atoms with Crippen molar-refractivity contribution in [3.05, 3.63) is 65.7 Å². The molecule has 0 fully saturated rings. The van der Waals surface area contributed by atoms with Gasteiger partial charge in [-0.15, -0.1) is 0 Å². The third kappa shape index (κ3) is 3.81. The van der Waals surface area contributed by atoms with E-state index in [4.69, 9.17) is 5.11 Å². The van der Waals surface area contributed by atoms with Gasteiger partial charge < -0.3 is 15.5 Å². The van der Waals surface area contributed by atoms with E-state index in [1.165, 1.54) is 5.56 Å². The van der Waals surface area contributed by atoms with Crippen molar-refractivity contribution in [3.8, 4) is 5.75 Å². The maximum absolute atomic E-state index is 9.37. The molecule has 0 spiro atoms. The number of nitrogens with one attached hydrogen (secondary N) is 1. The van der Waals surface area contributed by atoms with Gasteiger partial charge >= 0.3 is 0 Å². The largest absolute Gasteiger partial charge is 0.508 e. The minimum atomic E-state index is 0.0772. The van der Waals surface area contributed by atoms with Crippen molar-refractivity contribution >= 4 is 0 Å². The Bertz CT molecular complexity index is 482. The number of rotatable bonds is 6. The molecule has 3 N–H and O–H groups in total. The first-order valence-corrected chi connectivity index (χ1v) is 6.49. The van der Waals surface area contributed by atoms with Crippen molar-refractivity contribution in [2.75, 3.05) is 13.2 Å². The highest BCUT2D eigenvalue weighted by Crippen LogP contribution is 2.23. The topological polar surface area (TPSA) is 52.5 Å². The van der Waals surface area contributed by atoms with Gasteiger partial charge in [0.25, 0.3) is 0 Å². The highest BCUT2D eigenvalue weighted by atomic mass is 16.3. The summed E-state index contributed by atoms with van der Waals surface area (Å²) in [7, 11) is 0. The maximum atomic E-state index is 9.37. The van der Waals surface area contributed by atoms with Crippen molar-refractivity contribution < 1.29 is 10.2 Å². The second-order valence-electron chi connectivity index (χ2n) is 4.47. The Morgan fingerprint density at radius 2 is 1.53 bits per heavy atom. The number of aliphatic hydroxyl groups is 1. The van der Waals surface area contributed by atoms with Gasteiger partial charge in [-0.05, 0) is 36.2 Å². The summed E-state index contributed by atoms with van der Waals surface area (Å²) < 4.78 is 0. The van der Waals surface area contributed by atoms with Crippen LogP contribution in [0.5, 0.6) is 5.75 Å². The van der Waals surface area contributed by atoms with Crippen LogP contribution in [0.4, 0.5) is 0 Å². The molecule has 0 saturated carbocycles. The van der Waals surface area contributed by atoms with E-state index in [0.717, 1.165) is 18.5 Å². The van der Waals surface area contributed by atoms with Crippen LogP contribution in [-0.2, 0) is 0 Å². The van der Waals surface area contributed by atoms with E-state index in [-0.39, 0.29) is 18.4 Å². The molecule has 0 unspecified atom stereocenters. The summed E-state index contributed by atoms with van der Waals surface area (Å²) in [6.07, 6.45) is 0.724. The first-order valence-electron chi connectivity index (χ1n) is 6.49. The van der Waals surface area contributed by atoms with Gasteiger partial charge in [-0.2, -0.15) is 0 Å². The van der Waals surface area contributed by atoms with E-state index in [1.54, 1.807) is 12.1 Å². The van der Waals surface area contributed by atoms with E-state index in [0.29, 0.717) is 0 Å². The van der Waals surface area contributed by atoms with Crippen LogP contribution in [0.2, 0.25) is 0 Å². The molecule has 0 bridgehead atoms. The van der Waals surface area contributed by atoms with Crippen LogP contribution < -0.4 is 5.32 Å². The number of aliphatic hydroxyl groups excluding tert-OH is 1. The van der Waals surface area contributed by atoms with Crippen LogP contribution in [0.25, 0.3) is 0 Å². The minimum Gasteiger partial charge on any atom is -0.508 e. The molecule has 1 atom stereocenters. The van der Waals surface area contributed by atoms with Crippen LogP contribution in [0.1, 0.15) is 23.6 Å². The summed E-state index contributed by atoms with van der Waals surface area (Å²) in [5.41, 5.74) is 2.27. The molecule has 3 heteroatoms. The Kier molecular flexibility index (Phi) is 4.95. The third-order valence-electron chi connectivity index (χ3n) is 3.04. The number of phenolic OH excluding ortho intramolecular Hbond substituents is 1. The van der Waals surface area contributed by atoms with Crippen molar-refractivity contribution in [1.29, 1.82) is 0 Å². The molecule has 19 heavy (non-hydrogen) atoms. The normalized spacial score (nSPS) is 12.3. The van der Waals surface area contributed by atoms with E-state index in [2.05, 4.69) is 17.4 Å². The summed E-state index contributed by atoms with van der Waals surface area (Å²) in [6, 6.07) is 17.5. The van der Waals surface area contributed by atoms with Crippen LogP contribution in [0.3, 0.4) is 0 Å². The lowest BCUT2D eigenvalue weighted by molar-refractivity contribution is 0.284. The zero-order chi connectivity index (χ0) is 13.5. The van der Waals surface area contributed by atoms with Crippen molar-refractivity contribution in [3.63, 3.8) is 0 Å². The minimum absolute atomic E-state index is 0.0772. The Labute approximate surface area is 113 Å². The Morgan fingerprint density at radius 1 is 0.895 bits per heavy atom. The van der Waals surface area contributed by atoms with E-state index in [1.807, 2.05) is 30.3 Å². The third-order valence-corrected chi connectivity index (χ3v) is 3.04. The molecule has 0 saturated heterocycles. The standard InChI is InChI=1S/C16H19NO2/c18-12-4-11-17-16(13-5-2-1-3-6-13)14-7-9-15(19)10-8-14/h1-3,5-10,16-19H,4,11-12H2/t16-/m0/s1. The lowest BCUT2D eigenvalue weighted by Gasteiger charge is -2.19. The zero-order valence-corrected chi connectivity index (χ0v) is 10.8. The van der Waals surface area contributed by atoms with Gasteiger partial charge in [-0.1, -0.05) is 42.5 Å². The number of benzene rings is 2. The number of hydrogen-bond acceptors (Lipinski definition) is 3. The lowest BCUT2D eigenvalue weighted by atomic mass is 9.98. The fraction of sp³-hybridized carbons (Fsp3) is 0.250. The Morgan fingerprint density at radius 3 is 2.16 bits per heavy atom. The fourth-order valence-corrected chi connectivity index (χ4v) is 2.07. The van der Waals surface area contributed by atoms with Crippen molar-refractivity contribution in [2.24, 2.45) is 0 Å². The fourth-order valence-electron chi connectivity index (χ4n) is 2.07. The monoisotopic (exact) mass is 257 g/mol. The summed E-state index contributed by atoms with van der Waals surface area (Å²) in [6.45, 7) is 0.932. The smallest absolute Gasteiger partial charge is 0.115 e. The van der Waals surface area contributed by atoms with Gasteiger partial charge in [0.15, 0.2) is 0 Å². The summed E-state index contributed by atoms with van der Waals surface area (Å²) >= 11 is 0. The van der Waals surface area contributed by atoms with E-state index in [9.17, 15) is 5.11 Å². The van der Waals surface area contributed by atoms with E-state index >= 15 is 0 Å². The molecule has 3 nitrogen and oxygen atoms in total. The van der Waals surface area contributed by atoms with Gasteiger partial charge in [0, 0.05) is 6.61 Å². The van der Waals surface area contributed by atoms with Gasteiger partial charge in [0.05, 0.1) is 6.04 Å². The molecule has 0 heterocycles. The number of phenols is 1. The zero-order valence-electron chi connectivity index (χ0n) is 10.8. The lowest BCUT2D eigenvalue weighted by Crippen LogP contribution is -2.24. The Balaban J connectivity index is 2.21. The highest BCUT2D eigenvalue weighted by molar-refractivity contribution is 5.34. The molecular formula is C16H19NO2. The molecule has 0 aliphatic rings. The predicted molar refractivity (Wildman–Crippen MR) is 76.1 cm³/mol. The van der Waals surface area contributed by atoms with Crippen LogP contribution in [-0.4, -0.2) is 23.4 Å². The molecule has 0 aliphatic heterocycles. The molecule has 0 aliphatic carbocycles. The molecule has 2 aromatic carbocycles. The van der Waals surface area contributed by atoms with E-state index < -0.39 is 0 Å². The quantitative estimate of drug-likeness (QED) is 0.697. The highest BCUT2D eigenvalue weighted by Gasteiger charge is 2.12. The van der Waals surface area contributed by atoms with Crippen molar-refractivity contribution in [2.45, 2.75) is 12.5 Å². The second-order valence-corrected chi connectivity index (χ2v) is 4.47. The molecule has 0 radical (unpaired) electrons.